The van der Waals surface area contributed by atoms with Crippen LogP contribution in [-0.2, 0) is 49.0 Å². The number of β-amino-alcohol motifs (C(OH)–C–C–N with tert-alkyl or cyclic N) is 1. The topological polar surface area (TPSA) is 615 Å². The second-order valence-corrected chi connectivity index (χ2v) is 26.7. The van der Waals surface area contributed by atoms with Gasteiger partial charge in [0.2, 0.25) is 62.9 Å². The molecule has 7 atom stereocenters. The van der Waals surface area contributed by atoms with E-state index in [0.29, 0.717) is 37.4 Å². The van der Waals surface area contributed by atoms with Crippen molar-refractivity contribution in [3.05, 3.63) is 137 Å². The second-order valence-electron chi connectivity index (χ2n) is 23.2. The Labute approximate surface area is 594 Å². The quantitative estimate of drug-likeness (QED) is 0.0283. The van der Waals surface area contributed by atoms with Gasteiger partial charge in [-0.25, -0.2) is 40.5 Å². The van der Waals surface area contributed by atoms with Crippen molar-refractivity contribution in [1.82, 2.24) is 80.6 Å². The minimum absolute atomic E-state index is 0.0406. The molecule has 15 N–H and O–H groups in total. The fourth-order valence-electron chi connectivity index (χ4n) is 9.74. The summed E-state index contributed by atoms with van der Waals surface area (Å²) < 4.78 is 129. The first-order chi connectivity index (χ1) is 50.2. The first-order valence-corrected chi connectivity index (χ1v) is 34.4. The number of aliphatic carboxylic acids is 3. The third-order valence-corrected chi connectivity index (χ3v) is 18.2. The van der Waals surface area contributed by atoms with Gasteiger partial charge in [0, 0.05) is 37.6 Å². The van der Waals surface area contributed by atoms with Crippen LogP contribution in [0.25, 0.3) is 34.3 Å². The number of carboxylic acid groups (broad SMARTS) is 4. The number of hydrogen-bond acceptors (Lipinski definition) is 29. The van der Waals surface area contributed by atoms with Crippen molar-refractivity contribution in [1.29, 1.82) is 0 Å². The average molecular weight is 1530 g/mol. The molecule has 3 aliphatic rings. The molecule has 11 rings (SSSR count). The lowest BCUT2D eigenvalue weighted by molar-refractivity contribution is -0.139. The number of benzene rings is 3. The van der Waals surface area contributed by atoms with Gasteiger partial charge in [-0.1, -0.05) is 28.5 Å². The van der Waals surface area contributed by atoms with Gasteiger partial charge in [0.25, 0.3) is 28.0 Å². The highest BCUT2D eigenvalue weighted by atomic mass is 32.2. The first kappa shape index (κ1) is 80.0. The molecule has 106 heavy (non-hydrogen) atoms. The van der Waals surface area contributed by atoms with Gasteiger partial charge in [0.1, 0.15) is 59.2 Å². The molecular formula is C60H65F4N19O21S2. The molecule has 8 aromatic rings. The van der Waals surface area contributed by atoms with Crippen LogP contribution in [0.2, 0.25) is 0 Å². The SMILES string of the molecule is CC[C@H](NS(=O)(=O)N[C@@H](CC(N)=O)c1nc(-c2cc(F)ccc2F)no1)C(=O)O.NC(=O)C[C@H](NC(=O)[C@@H]1C[C@H](O)CN1)c1nc(N2CCCC2)no1.O=C(O)C[C@H](NC(=O)c1cccc(C(=O)O)c1)c1nc(-c2cc(F)ccc2F)no1.O=C(O)C[C@H](NS(=O)(=O)C1CC1)c1nc(-c2cnccn2)no1. The molecule has 0 radical (unpaired) electrons. The van der Waals surface area contributed by atoms with Gasteiger partial charge in [-0.05, 0) is 98.3 Å². The molecule has 4 amide bonds. The summed E-state index contributed by atoms with van der Waals surface area (Å²) in [6, 6.07) is 3.57. The Hall–Kier alpha value is -11.7. The highest BCUT2D eigenvalue weighted by Gasteiger charge is 2.40. The van der Waals surface area contributed by atoms with Gasteiger partial charge < -0.3 is 75.9 Å². The standard InChI is InChI=1S/C19H13F2N3O6.C15H17F2N5O6S.C14H22N6O4.C12H13N5O5S/c20-11-4-5-13(21)12(7-11)16-23-18(30-24-16)14(8-15(25)26)22-17(27)9-2-1-3-10(6-9)19(28)29;1-2-10(15(24)25)21-29(26,27)22-11(6-12(18)23)14-19-13(20-28-14)8-5-7(16)3-4-9(8)17;15-11(22)6-10(17-12(23)9-5-8(21)7-16-9)13-18-14(19-24-13)20-3-1-2-4-20;18-10(19)5-8(17-23(20,21)7-1-2-7)12-15-11(16-22-12)9-6-13-3-4-14-9/h1-7,14H,8H2,(H,22,27)(H,25,26)(H,28,29);3-5,10-11,21-22H,2,6H2,1H3,(H2,18,23)(H,24,25);8-10,16,21H,1-7H2,(H2,15,22)(H,17,23);3-4,6-8,17H,1-2,5H2,(H,18,19)/t14-;10-,11-;8-,9-,10-;8-/m0000/s1. The maximum absolute atomic E-state index is 13.9. The van der Waals surface area contributed by atoms with E-state index in [1.165, 1.54) is 43.7 Å². The third-order valence-electron chi connectivity index (χ3n) is 15.0. The number of aliphatic hydroxyl groups is 1. The molecule has 40 nitrogen and oxygen atoms in total. The lowest BCUT2D eigenvalue weighted by Crippen LogP contribution is -2.47. The molecule has 0 spiro atoms. The van der Waals surface area contributed by atoms with E-state index in [-0.39, 0.29) is 70.3 Å². The number of primary amides is 2. The Bertz CT molecular complexity index is 4700. The number of amides is 4. The number of nitrogens with one attached hydrogen (secondary N) is 6. The number of hydrogen-bond donors (Lipinski definition) is 13. The number of anilines is 1. The number of halogens is 4. The van der Waals surface area contributed by atoms with E-state index in [1.54, 1.807) is 0 Å². The van der Waals surface area contributed by atoms with Crippen LogP contribution in [0.3, 0.4) is 0 Å². The van der Waals surface area contributed by atoms with E-state index in [1.807, 2.05) is 14.3 Å². The summed E-state index contributed by atoms with van der Waals surface area (Å²) in [4.78, 5) is 117. The minimum Gasteiger partial charge on any atom is -0.481 e. The fraction of sp³-hybridized carbons (Fsp3) is 0.367. The Morgan fingerprint density at radius 2 is 1.15 bits per heavy atom. The van der Waals surface area contributed by atoms with E-state index >= 15 is 0 Å². The zero-order valence-electron chi connectivity index (χ0n) is 55.0. The molecule has 2 saturated heterocycles. The van der Waals surface area contributed by atoms with E-state index in [4.69, 9.17) is 50.0 Å². The van der Waals surface area contributed by atoms with Gasteiger partial charge in [-0.15, -0.1) is 0 Å². The molecule has 1 saturated carbocycles. The second kappa shape index (κ2) is 36.1. The predicted octanol–water partition coefficient (Wildman–Crippen LogP) is 1.43. The van der Waals surface area contributed by atoms with Crippen molar-refractivity contribution in [2.24, 2.45) is 11.5 Å². The number of aliphatic hydroxyl groups excluding tert-OH is 1. The van der Waals surface area contributed by atoms with Crippen molar-refractivity contribution in [2.45, 2.75) is 119 Å². The Balaban J connectivity index is 0.000000179. The number of rotatable bonds is 30. The molecule has 2 aliphatic heterocycles. The highest BCUT2D eigenvalue weighted by Crippen LogP contribution is 2.31. The molecular weight excluding hydrogens is 1460 g/mol. The summed E-state index contributed by atoms with van der Waals surface area (Å²) in [5.74, 6) is -12.0. The highest BCUT2D eigenvalue weighted by molar-refractivity contribution is 7.90. The van der Waals surface area contributed by atoms with Crippen LogP contribution in [-0.4, -0.2) is 183 Å². The normalized spacial score (nSPS) is 16.2. The van der Waals surface area contributed by atoms with E-state index in [2.05, 4.69) is 71.2 Å². The zero-order valence-corrected chi connectivity index (χ0v) is 56.6. The lowest BCUT2D eigenvalue weighted by Gasteiger charge is -2.17. The number of carboxylic acids is 4. The number of carbonyl (C=O) groups is 8. The molecule has 3 aromatic carbocycles. The van der Waals surface area contributed by atoms with Gasteiger partial charge in [0.15, 0.2) is 0 Å². The summed E-state index contributed by atoms with van der Waals surface area (Å²) in [6.45, 7) is 3.52. The number of sulfonamides is 1. The smallest absolute Gasteiger partial charge is 0.335 e. The molecule has 1 aliphatic carbocycles. The van der Waals surface area contributed by atoms with Crippen LogP contribution in [0.1, 0.15) is 140 Å². The van der Waals surface area contributed by atoms with Crippen LogP contribution >= 0.6 is 0 Å². The van der Waals surface area contributed by atoms with Gasteiger partial charge >= 0.3 is 23.9 Å². The van der Waals surface area contributed by atoms with E-state index < -0.39 is 164 Å². The first-order valence-electron chi connectivity index (χ1n) is 31.4. The van der Waals surface area contributed by atoms with E-state index in [9.17, 15) is 77.9 Å². The average Bonchev–Trinajstić information content (AvgIpc) is 1.59. The molecule has 0 bridgehead atoms. The van der Waals surface area contributed by atoms with Crippen LogP contribution in [0, 0.1) is 23.3 Å². The third kappa shape index (κ3) is 23.1. The van der Waals surface area contributed by atoms with Crippen LogP contribution in [0.4, 0.5) is 23.5 Å². The fourth-order valence-corrected chi connectivity index (χ4v) is 12.5. The summed E-state index contributed by atoms with van der Waals surface area (Å²) in [6.07, 6.45) is 5.37. The Morgan fingerprint density at radius 3 is 1.67 bits per heavy atom. The number of nitrogens with two attached hydrogens (primary N) is 2. The van der Waals surface area contributed by atoms with Crippen molar-refractivity contribution in [3.63, 3.8) is 0 Å². The minimum atomic E-state index is -4.45. The number of nitrogens with zero attached hydrogens (tertiary/aromatic N) is 11. The summed E-state index contributed by atoms with van der Waals surface area (Å²) in [5, 5.41) is 67.7. The summed E-state index contributed by atoms with van der Waals surface area (Å²) in [7, 11) is -8.06. The predicted molar refractivity (Wildman–Crippen MR) is 347 cm³/mol. The summed E-state index contributed by atoms with van der Waals surface area (Å²) in [5.41, 5.74) is 9.86. The van der Waals surface area contributed by atoms with Gasteiger partial charge in [-0.3, -0.25) is 38.5 Å². The monoisotopic (exact) mass is 1530 g/mol. The largest absolute Gasteiger partial charge is 0.481 e. The summed E-state index contributed by atoms with van der Waals surface area (Å²) >= 11 is 0. The molecule has 0 unspecified atom stereocenters. The lowest BCUT2D eigenvalue weighted by atomic mass is 10.1. The van der Waals surface area contributed by atoms with Crippen LogP contribution < -0.4 is 46.5 Å². The molecule has 5 aromatic heterocycles. The number of aromatic carboxylic acids is 1. The van der Waals surface area contributed by atoms with Gasteiger partial charge in [0.05, 0.1) is 66.0 Å². The maximum atomic E-state index is 13.9. The van der Waals surface area contributed by atoms with Crippen LogP contribution in [0.5, 0.6) is 0 Å². The van der Waals surface area contributed by atoms with Gasteiger partial charge in [-0.2, -0.15) is 37.8 Å². The molecule has 566 valence electrons. The Kier molecular flexibility index (Phi) is 27.3. The number of carbonyl (C=O) groups excluding carboxylic acids is 4. The van der Waals surface area contributed by atoms with Crippen molar-refractivity contribution in [2.75, 3.05) is 24.5 Å². The van der Waals surface area contributed by atoms with Crippen molar-refractivity contribution >= 4 is 73.7 Å². The van der Waals surface area contributed by atoms with Crippen molar-refractivity contribution < 1.29 is 116 Å². The maximum Gasteiger partial charge on any atom is 0.335 e. The molecule has 7 heterocycles. The van der Waals surface area contributed by atoms with Crippen molar-refractivity contribution in [3.8, 4) is 34.3 Å². The Morgan fingerprint density at radius 1 is 0.632 bits per heavy atom. The van der Waals surface area contributed by atoms with Crippen LogP contribution in [0.15, 0.2) is 97.3 Å². The van der Waals surface area contributed by atoms with E-state index in [0.717, 1.165) is 68.4 Å². The molecule has 46 heteroatoms. The number of aromatic nitrogens is 10. The molecule has 3 fully saturated rings. The zero-order chi connectivity index (χ0) is 77.2.